The molecule has 30 heavy (non-hydrogen) atoms. The zero-order valence-electron chi connectivity index (χ0n) is 16.1. The number of nitrogens with two attached hydrogens (primary N) is 1. The van der Waals surface area contributed by atoms with Crippen LogP contribution in [0.15, 0.2) is 40.5 Å². The van der Waals surface area contributed by atoms with Crippen LogP contribution < -0.4 is 10.5 Å². The summed E-state index contributed by atoms with van der Waals surface area (Å²) < 4.78 is 49.1. The Bertz CT molecular complexity index is 986. The monoisotopic (exact) mass is 459 g/mol. The summed E-state index contributed by atoms with van der Waals surface area (Å²) in [6.45, 7) is 3.14. The topological polar surface area (TPSA) is 88.1 Å². The molecule has 0 fully saturated rings. The van der Waals surface area contributed by atoms with Crippen LogP contribution in [0.3, 0.4) is 0 Å². The van der Waals surface area contributed by atoms with E-state index < -0.39 is 12.3 Å². The number of nitrogen functional groups attached to an aromatic ring is 1. The SMILES string of the molecule is CCOc1cccc(Sc2nc(N)nc3c2ncn3CCOCPCC(F)(F)F)c1. The van der Waals surface area contributed by atoms with Gasteiger partial charge in [-0.15, -0.1) is 0 Å². The summed E-state index contributed by atoms with van der Waals surface area (Å²) in [6, 6.07) is 7.61. The highest BCUT2D eigenvalue weighted by atomic mass is 32.2. The molecule has 1 atom stereocenters. The zero-order valence-corrected chi connectivity index (χ0v) is 18.0. The van der Waals surface area contributed by atoms with Gasteiger partial charge in [-0.2, -0.15) is 18.2 Å². The number of aromatic nitrogens is 4. The van der Waals surface area contributed by atoms with Crippen LogP contribution in [0.2, 0.25) is 0 Å². The molecule has 0 amide bonds. The fraction of sp³-hybridized carbons (Fsp3) is 0.389. The van der Waals surface area contributed by atoms with Crippen molar-refractivity contribution in [3.8, 4) is 5.75 Å². The fourth-order valence-electron chi connectivity index (χ4n) is 2.57. The molecule has 0 saturated carbocycles. The standard InChI is InChI=1S/C18H21F3N5O2PS/c1-2-28-12-4-3-5-13(8-12)30-16-14-15(24-17(22)25-16)26(10-23-14)6-7-27-11-29-9-18(19,20)21/h3-5,8,10,29H,2,6-7,9,11H2,1H3,(H2,22,24,25). The molecule has 0 bridgehead atoms. The van der Waals surface area contributed by atoms with Gasteiger partial charge in [-0.3, -0.25) is 0 Å². The number of halogens is 3. The number of benzene rings is 1. The summed E-state index contributed by atoms with van der Waals surface area (Å²) in [6.07, 6.45) is -3.30. The minimum Gasteiger partial charge on any atom is -0.494 e. The molecule has 0 aliphatic rings. The summed E-state index contributed by atoms with van der Waals surface area (Å²) in [5.41, 5.74) is 7.02. The van der Waals surface area contributed by atoms with Gasteiger partial charge in [0.1, 0.15) is 16.3 Å². The molecule has 12 heteroatoms. The van der Waals surface area contributed by atoms with E-state index in [2.05, 4.69) is 15.0 Å². The lowest BCUT2D eigenvalue weighted by atomic mass is 10.3. The molecule has 0 aliphatic heterocycles. The molecule has 1 unspecified atom stereocenters. The third-order valence-electron chi connectivity index (χ3n) is 3.79. The van der Waals surface area contributed by atoms with Crippen LogP contribution >= 0.6 is 20.3 Å². The van der Waals surface area contributed by atoms with Crippen molar-refractivity contribution in [2.45, 2.75) is 29.6 Å². The lowest BCUT2D eigenvalue weighted by molar-refractivity contribution is -0.106. The minimum absolute atomic E-state index is 0.0700. The normalized spacial score (nSPS) is 12.3. The first-order chi connectivity index (χ1) is 14.4. The van der Waals surface area contributed by atoms with Crippen LogP contribution in [-0.2, 0) is 11.3 Å². The molecule has 2 aromatic heterocycles. The predicted octanol–water partition coefficient (Wildman–Crippen LogP) is 4.17. The molecule has 7 nitrogen and oxygen atoms in total. The van der Waals surface area contributed by atoms with Crippen molar-refractivity contribution in [2.24, 2.45) is 0 Å². The van der Waals surface area contributed by atoms with Gasteiger partial charge in [0.25, 0.3) is 0 Å². The number of fused-ring (bicyclic) bond motifs is 1. The van der Waals surface area contributed by atoms with Crippen molar-refractivity contribution in [2.75, 3.05) is 31.5 Å². The average Bonchev–Trinajstić information content (AvgIpc) is 3.07. The second kappa shape index (κ2) is 10.3. The van der Waals surface area contributed by atoms with E-state index in [0.29, 0.717) is 29.3 Å². The van der Waals surface area contributed by atoms with E-state index in [-0.39, 0.29) is 27.5 Å². The van der Waals surface area contributed by atoms with E-state index in [9.17, 15) is 13.2 Å². The lowest BCUT2D eigenvalue weighted by Crippen LogP contribution is -2.11. The summed E-state index contributed by atoms with van der Waals surface area (Å²) >= 11 is 1.40. The number of hydrogen-bond acceptors (Lipinski definition) is 7. The number of hydrogen-bond donors (Lipinski definition) is 1. The highest BCUT2D eigenvalue weighted by molar-refractivity contribution is 7.99. The molecule has 0 aliphatic carbocycles. The quantitative estimate of drug-likeness (QED) is 0.277. The van der Waals surface area contributed by atoms with E-state index in [4.69, 9.17) is 15.2 Å². The Hall–Kier alpha value is -2.10. The molecule has 162 valence electrons. The molecule has 3 aromatic rings. The second-order valence-corrected chi connectivity index (χ2v) is 8.31. The van der Waals surface area contributed by atoms with Crippen LogP contribution in [0.5, 0.6) is 5.75 Å². The first kappa shape index (κ1) is 22.6. The number of rotatable bonds is 10. The Morgan fingerprint density at radius 1 is 1.27 bits per heavy atom. The smallest absolute Gasteiger partial charge is 0.392 e. The fourth-order valence-corrected chi connectivity index (χ4v) is 4.17. The van der Waals surface area contributed by atoms with Gasteiger partial charge in [-0.25, -0.2) is 9.97 Å². The molecule has 2 heterocycles. The first-order valence-corrected chi connectivity index (χ1v) is 11.3. The first-order valence-electron chi connectivity index (χ1n) is 9.10. The van der Waals surface area contributed by atoms with Crippen molar-refractivity contribution < 1.29 is 22.6 Å². The molecular formula is C18H21F3N5O2PS. The van der Waals surface area contributed by atoms with Crippen LogP contribution in [-0.4, -0.2) is 51.4 Å². The molecular weight excluding hydrogens is 438 g/mol. The van der Waals surface area contributed by atoms with Gasteiger partial charge in [0.15, 0.2) is 5.65 Å². The second-order valence-electron chi connectivity index (χ2n) is 6.10. The van der Waals surface area contributed by atoms with E-state index in [1.165, 1.54) is 11.8 Å². The summed E-state index contributed by atoms with van der Waals surface area (Å²) in [4.78, 5) is 13.9. The highest BCUT2D eigenvalue weighted by Gasteiger charge is 2.26. The van der Waals surface area contributed by atoms with E-state index in [1.54, 1.807) is 10.9 Å². The predicted molar refractivity (Wildman–Crippen MR) is 112 cm³/mol. The Morgan fingerprint density at radius 3 is 2.87 bits per heavy atom. The van der Waals surface area contributed by atoms with Gasteiger partial charge in [-0.1, -0.05) is 26.4 Å². The van der Waals surface area contributed by atoms with Crippen molar-refractivity contribution in [3.63, 3.8) is 0 Å². The molecule has 2 N–H and O–H groups in total. The lowest BCUT2D eigenvalue weighted by Gasteiger charge is -2.09. The summed E-state index contributed by atoms with van der Waals surface area (Å²) in [5, 5.41) is 0.609. The highest BCUT2D eigenvalue weighted by Crippen LogP contribution is 2.33. The van der Waals surface area contributed by atoms with Crippen molar-refractivity contribution in [3.05, 3.63) is 30.6 Å². The Kier molecular flexibility index (Phi) is 7.74. The zero-order chi connectivity index (χ0) is 21.6. The number of ether oxygens (including phenoxy) is 2. The maximum atomic E-state index is 12.2. The molecule has 0 spiro atoms. The van der Waals surface area contributed by atoms with Crippen LogP contribution in [0.4, 0.5) is 19.1 Å². The number of anilines is 1. The maximum Gasteiger partial charge on any atom is 0.392 e. The van der Waals surface area contributed by atoms with Gasteiger partial charge in [0.2, 0.25) is 5.95 Å². The minimum atomic E-state index is -4.15. The van der Waals surface area contributed by atoms with E-state index >= 15 is 0 Å². The third-order valence-corrected chi connectivity index (χ3v) is 5.81. The third kappa shape index (κ3) is 6.45. The summed E-state index contributed by atoms with van der Waals surface area (Å²) in [5.74, 6) is 0.870. The van der Waals surface area contributed by atoms with Gasteiger partial charge >= 0.3 is 6.18 Å². The van der Waals surface area contributed by atoms with Crippen LogP contribution in [0, 0.1) is 0 Å². The van der Waals surface area contributed by atoms with Gasteiger partial charge in [0.05, 0.1) is 32.1 Å². The summed E-state index contributed by atoms with van der Waals surface area (Å²) in [7, 11) is -0.313. The number of nitrogens with zero attached hydrogens (tertiary/aromatic N) is 4. The number of imidazole rings is 1. The largest absolute Gasteiger partial charge is 0.494 e. The Labute approximate surface area is 177 Å². The van der Waals surface area contributed by atoms with E-state index in [1.807, 2.05) is 31.2 Å². The average molecular weight is 459 g/mol. The molecule has 3 rings (SSSR count). The Balaban J connectivity index is 1.67. The van der Waals surface area contributed by atoms with Gasteiger partial charge in [-0.05, 0) is 25.1 Å². The van der Waals surface area contributed by atoms with Gasteiger partial charge < -0.3 is 19.8 Å². The van der Waals surface area contributed by atoms with Crippen LogP contribution in [0.1, 0.15) is 6.92 Å². The van der Waals surface area contributed by atoms with Gasteiger partial charge in [0, 0.05) is 11.4 Å². The Morgan fingerprint density at radius 2 is 2.10 bits per heavy atom. The molecule has 0 radical (unpaired) electrons. The van der Waals surface area contributed by atoms with Crippen molar-refractivity contribution in [1.29, 1.82) is 0 Å². The number of alkyl halides is 3. The molecule has 1 aromatic carbocycles. The van der Waals surface area contributed by atoms with Crippen molar-refractivity contribution in [1.82, 2.24) is 19.5 Å². The van der Waals surface area contributed by atoms with Crippen molar-refractivity contribution >= 4 is 37.5 Å². The van der Waals surface area contributed by atoms with E-state index in [0.717, 1.165) is 10.6 Å². The molecule has 0 saturated heterocycles. The van der Waals surface area contributed by atoms with Crippen LogP contribution in [0.25, 0.3) is 11.2 Å². The maximum absolute atomic E-state index is 12.2.